The first-order valence-electron chi connectivity index (χ1n) is 7.73. The van der Waals surface area contributed by atoms with Crippen molar-refractivity contribution >= 4 is 28.2 Å². The molecule has 122 valence electrons. The SMILES string of the molecule is CNC(=S)N(Cc1nc2ccccc2c(=O)[nH]1)C[C@@H]1CCCO1. The van der Waals surface area contributed by atoms with Crippen molar-refractivity contribution < 1.29 is 4.74 Å². The van der Waals surface area contributed by atoms with Gasteiger partial charge in [-0.05, 0) is 37.2 Å². The maximum Gasteiger partial charge on any atom is 0.258 e. The van der Waals surface area contributed by atoms with Crippen LogP contribution in [0.3, 0.4) is 0 Å². The van der Waals surface area contributed by atoms with E-state index in [4.69, 9.17) is 17.0 Å². The number of nitrogens with one attached hydrogen (secondary N) is 2. The van der Waals surface area contributed by atoms with E-state index in [-0.39, 0.29) is 11.7 Å². The fourth-order valence-electron chi connectivity index (χ4n) is 2.80. The van der Waals surface area contributed by atoms with Gasteiger partial charge >= 0.3 is 0 Å². The Balaban J connectivity index is 1.83. The number of nitrogens with zero attached hydrogens (tertiary/aromatic N) is 2. The summed E-state index contributed by atoms with van der Waals surface area (Å²) in [6.07, 6.45) is 2.29. The molecular weight excluding hydrogens is 312 g/mol. The molecule has 1 saturated heterocycles. The quantitative estimate of drug-likeness (QED) is 0.825. The van der Waals surface area contributed by atoms with Crippen LogP contribution >= 0.6 is 12.2 Å². The summed E-state index contributed by atoms with van der Waals surface area (Å²) in [6, 6.07) is 7.32. The topological polar surface area (TPSA) is 70.2 Å². The third-order valence-corrected chi connectivity index (χ3v) is 4.41. The molecular formula is C16H20N4O2S. The summed E-state index contributed by atoms with van der Waals surface area (Å²) in [5, 5.41) is 4.21. The molecule has 2 aromatic rings. The monoisotopic (exact) mass is 332 g/mol. The van der Waals surface area contributed by atoms with E-state index in [1.165, 1.54) is 0 Å². The minimum atomic E-state index is -0.127. The van der Waals surface area contributed by atoms with Gasteiger partial charge in [0.2, 0.25) is 0 Å². The summed E-state index contributed by atoms with van der Waals surface area (Å²) in [7, 11) is 1.79. The second-order valence-corrected chi connectivity index (χ2v) is 5.99. The number of fused-ring (bicyclic) bond motifs is 1. The van der Waals surface area contributed by atoms with Crippen LogP contribution in [0, 0.1) is 0 Å². The zero-order chi connectivity index (χ0) is 16.2. The number of rotatable bonds is 4. The van der Waals surface area contributed by atoms with Crippen LogP contribution < -0.4 is 10.9 Å². The molecule has 6 nitrogen and oxygen atoms in total. The molecule has 1 aromatic heterocycles. The molecule has 2 heterocycles. The number of ether oxygens (including phenoxy) is 1. The first-order chi connectivity index (χ1) is 11.2. The van der Waals surface area contributed by atoms with Crippen LogP contribution in [-0.4, -0.2) is 46.3 Å². The van der Waals surface area contributed by atoms with Crippen LogP contribution in [0.5, 0.6) is 0 Å². The molecule has 1 aliphatic heterocycles. The Hall–Kier alpha value is -1.99. The van der Waals surface area contributed by atoms with Crippen LogP contribution in [0.4, 0.5) is 0 Å². The van der Waals surface area contributed by atoms with Gasteiger partial charge in [0, 0.05) is 20.2 Å². The lowest BCUT2D eigenvalue weighted by molar-refractivity contribution is 0.0894. The molecule has 7 heteroatoms. The standard InChI is InChI=1S/C16H20N4O2S/c1-17-16(23)20(9-11-5-4-8-22-11)10-14-18-13-7-3-2-6-12(13)15(21)19-14/h2-3,6-7,11H,4-5,8-10H2,1H3,(H,17,23)(H,18,19,21)/t11-/m0/s1. The Kier molecular flexibility index (Phi) is 4.88. The first kappa shape index (κ1) is 15.9. The van der Waals surface area contributed by atoms with Gasteiger partial charge in [0.05, 0.1) is 23.6 Å². The second kappa shape index (κ2) is 7.06. The van der Waals surface area contributed by atoms with Gasteiger partial charge in [-0.25, -0.2) is 4.98 Å². The lowest BCUT2D eigenvalue weighted by Crippen LogP contribution is -2.42. The van der Waals surface area contributed by atoms with E-state index < -0.39 is 0 Å². The summed E-state index contributed by atoms with van der Waals surface area (Å²) >= 11 is 5.38. The predicted octanol–water partition coefficient (Wildman–Crippen LogP) is 1.41. The fourth-order valence-corrected chi connectivity index (χ4v) is 2.94. The maximum absolute atomic E-state index is 12.2. The van der Waals surface area contributed by atoms with Gasteiger partial charge in [0.1, 0.15) is 5.82 Å². The van der Waals surface area contributed by atoms with Crippen molar-refractivity contribution in [3.05, 3.63) is 40.4 Å². The number of thiocarbonyl (C=S) groups is 1. The molecule has 0 amide bonds. The Morgan fingerprint density at radius 1 is 1.52 bits per heavy atom. The number of para-hydroxylation sites is 1. The summed E-state index contributed by atoms with van der Waals surface area (Å²) in [5.74, 6) is 0.601. The molecule has 1 aliphatic rings. The molecule has 0 bridgehead atoms. The van der Waals surface area contributed by atoms with Crippen LogP contribution in [0.15, 0.2) is 29.1 Å². The van der Waals surface area contributed by atoms with Crippen molar-refractivity contribution in [2.75, 3.05) is 20.2 Å². The summed E-state index contributed by atoms with van der Waals surface area (Å²) in [5.41, 5.74) is 0.566. The Morgan fingerprint density at radius 3 is 3.09 bits per heavy atom. The molecule has 23 heavy (non-hydrogen) atoms. The number of aromatic nitrogens is 2. The molecule has 1 atom stereocenters. The van der Waals surface area contributed by atoms with Crippen molar-refractivity contribution in [1.82, 2.24) is 20.2 Å². The first-order valence-corrected chi connectivity index (χ1v) is 8.14. The van der Waals surface area contributed by atoms with Gasteiger partial charge < -0.3 is 19.9 Å². The molecule has 3 rings (SSSR count). The highest BCUT2D eigenvalue weighted by Gasteiger charge is 2.21. The average molecular weight is 332 g/mol. The van der Waals surface area contributed by atoms with E-state index in [9.17, 15) is 4.79 Å². The summed E-state index contributed by atoms with van der Waals surface area (Å²) < 4.78 is 5.69. The van der Waals surface area contributed by atoms with Crippen LogP contribution in [0.1, 0.15) is 18.7 Å². The number of benzene rings is 1. The van der Waals surface area contributed by atoms with Gasteiger partial charge in [-0.2, -0.15) is 0 Å². The molecule has 0 saturated carbocycles. The number of hydrogen-bond donors (Lipinski definition) is 2. The average Bonchev–Trinajstić information content (AvgIpc) is 3.06. The molecule has 1 aromatic carbocycles. The third-order valence-electron chi connectivity index (χ3n) is 3.95. The highest BCUT2D eigenvalue weighted by Crippen LogP contribution is 2.15. The van der Waals surface area contributed by atoms with Gasteiger partial charge in [-0.1, -0.05) is 12.1 Å². The van der Waals surface area contributed by atoms with Crippen molar-refractivity contribution in [2.45, 2.75) is 25.5 Å². The highest BCUT2D eigenvalue weighted by atomic mass is 32.1. The van der Waals surface area contributed by atoms with E-state index in [1.54, 1.807) is 13.1 Å². The van der Waals surface area contributed by atoms with Crippen molar-refractivity contribution in [3.63, 3.8) is 0 Å². The minimum absolute atomic E-state index is 0.127. The van der Waals surface area contributed by atoms with E-state index in [1.807, 2.05) is 23.1 Å². The van der Waals surface area contributed by atoms with E-state index in [0.717, 1.165) is 19.4 Å². The van der Waals surface area contributed by atoms with E-state index >= 15 is 0 Å². The second-order valence-electron chi connectivity index (χ2n) is 5.60. The van der Waals surface area contributed by atoms with Gasteiger partial charge in [-0.15, -0.1) is 0 Å². The lowest BCUT2D eigenvalue weighted by atomic mass is 10.2. The summed E-state index contributed by atoms with van der Waals surface area (Å²) in [4.78, 5) is 21.6. The number of H-pyrrole nitrogens is 1. The van der Waals surface area contributed by atoms with Crippen LogP contribution in [0.2, 0.25) is 0 Å². The third kappa shape index (κ3) is 3.68. The highest BCUT2D eigenvalue weighted by molar-refractivity contribution is 7.80. The number of hydrogen-bond acceptors (Lipinski definition) is 4. The summed E-state index contributed by atoms with van der Waals surface area (Å²) in [6.45, 7) is 1.94. The molecule has 0 spiro atoms. The zero-order valence-corrected chi connectivity index (χ0v) is 13.9. The van der Waals surface area contributed by atoms with Gasteiger partial charge in [0.25, 0.3) is 5.56 Å². The largest absolute Gasteiger partial charge is 0.376 e. The van der Waals surface area contributed by atoms with Crippen molar-refractivity contribution in [1.29, 1.82) is 0 Å². The maximum atomic E-state index is 12.2. The van der Waals surface area contributed by atoms with E-state index in [2.05, 4.69) is 15.3 Å². The van der Waals surface area contributed by atoms with E-state index in [0.29, 0.717) is 34.9 Å². The normalized spacial score (nSPS) is 17.3. The van der Waals surface area contributed by atoms with Crippen LogP contribution in [0.25, 0.3) is 10.9 Å². The molecule has 0 unspecified atom stereocenters. The Labute approximate surface area is 139 Å². The smallest absolute Gasteiger partial charge is 0.258 e. The zero-order valence-electron chi connectivity index (χ0n) is 13.0. The Morgan fingerprint density at radius 2 is 2.35 bits per heavy atom. The van der Waals surface area contributed by atoms with Gasteiger partial charge in [-0.3, -0.25) is 4.79 Å². The molecule has 0 aliphatic carbocycles. The molecule has 1 fully saturated rings. The van der Waals surface area contributed by atoms with Crippen LogP contribution in [-0.2, 0) is 11.3 Å². The predicted molar refractivity (Wildman–Crippen MR) is 93.4 cm³/mol. The molecule has 0 radical (unpaired) electrons. The lowest BCUT2D eigenvalue weighted by Gasteiger charge is -2.26. The van der Waals surface area contributed by atoms with Crippen molar-refractivity contribution in [2.24, 2.45) is 0 Å². The van der Waals surface area contributed by atoms with Gasteiger partial charge in [0.15, 0.2) is 5.11 Å². The minimum Gasteiger partial charge on any atom is -0.376 e. The Bertz CT molecular complexity index is 755. The fraction of sp³-hybridized carbons (Fsp3) is 0.438. The molecule has 2 N–H and O–H groups in total. The van der Waals surface area contributed by atoms with Crippen molar-refractivity contribution in [3.8, 4) is 0 Å². The number of aromatic amines is 1.